The maximum absolute atomic E-state index is 11.9. The van der Waals surface area contributed by atoms with Crippen LogP contribution in [0.1, 0.15) is 31.2 Å². The molecule has 2 amide bonds. The van der Waals surface area contributed by atoms with Gasteiger partial charge in [-0.15, -0.1) is 0 Å². The second-order valence-electron chi connectivity index (χ2n) is 4.42. The number of amides is 2. The Labute approximate surface area is 122 Å². The highest BCUT2D eigenvalue weighted by molar-refractivity contribution is 6.35. The van der Waals surface area contributed by atoms with E-state index in [0.717, 1.165) is 4.90 Å². The number of carbonyl (C=O) groups excluding carboxylic acids is 2. The van der Waals surface area contributed by atoms with E-state index in [2.05, 4.69) is 11.8 Å². The first-order valence-corrected chi connectivity index (χ1v) is 6.76. The van der Waals surface area contributed by atoms with E-state index in [0.29, 0.717) is 42.0 Å². The summed E-state index contributed by atoms with van der Waals surface area (Å²) in [6.45, 7) is -0.00343. The van der Waals surface area contributed by atoms with Gasteiger partial charge in [0.15, 0.2) is 0 Å². The van der Waals surface area contributed by atoms with E-state index >= 15 is 0 Å². The van der Waals surface area contributed by atoms with E-state index in [4.69, 9.17) is 16.7 Å². The fourth-order valence-electron chi connectivity index (χ4n) is 2.00. The van der Waals surface area contributed by atoms with Crippen molar-refractivity contribution in [1.29, 1.82) is 0 Å². The van der Waals surface area contributed by atoms with Crippen molar-refractivity contribution in [2.45, 2.75) is 25.7 Å². The molecule has 1 aromatic carbocycles. The third-order valence-corrected chi connectivity index (χ3v) is 3.26. The van der Waals surface area contributed by atoms with Crippen LogP contribution in [0.4, 0.5) is 5.69 Å². The van der Waals surface area contributed by atoms with Gasteiger partial charge in [0.05, 0.1) is 17.3 Å². The molecule has 0 aliphatic carbocycles. The molecule has 2 rings (SSSR count). The summed E-state index contributed by atoms with van der Waals surface area (Å²) >= 11 is 6.09. The topological polar surface area (TPSA) is 57.6 Å². The van der Waals surface area contributed by atoms with Gasteiger partial charge < -0.3 is 5.11 Å². The van der Waals surface area contributed by atoms with Crippen molar-refractivity contribution in [3.8, 4) is 11.8 Å². The summed E-state index contributed by atoms with van der Waals surface area (Å²) in [5.74, 6) is 5.19. The fourth-order valence-corrected chi connectivity index (χ4v) is 2.21. The molecule has 0 unspecified atom stereocenters. The van der Waals surface area contributed by atoms with Crippen molar-refractivity contribution in [2.75, 3.05) is 11.5 Å². The largest absolute Gasteiger partial charge is 0.395 e. The Bertz CT molecular complexity index is 585. The second-order valence-corrected chi connectivity index (χ2v) is 4.83. The van der Waals surface area contributed by atoms with E-state index in [-0.39, 0.29) is 18.4 Å². The van der Waals surface area contributed by atoms with Crippen molar-refractivity contribution in [2.24, 2.45) is 0 Å². The minimum absolute atomic E-state index is 0.00343. The molecule has 0 aromatic heterocycles. The molecule has 1 fully saturated rings. The van der Waals surface area contributed by atoms with Gasteiger partial charge in [-0.25, -0.2) is 4.90 Å². The van der Waals surface area contributed by atoms with Crippen LogP contribution in [-0.2, 0) is 9.59 Å². The molecule has 1 N–H and O–H groups in total. The minimum atomic E-state index is -0.233. The van der Waals surface area contributed by atoms with Crippen LogP contribution in [0, 0.1) is 11.8 Å². The summed E-state index contributed by atoms with van der Waals surface area (Å²) in [5, 5.41) is 9.04. The first-order valence-electron chi connectivity index (χ1n) is 6.38. The first kappa shape index (κ1) is 14.6. The number of benzene rings is 1. The molecule has 4 nitrogen and oxygen atoms in total. The van der Waals surface area contributed by atoms with Crippen LogP contribution in [0.3, 0.4) is 0 Å². The number of hydrogen-bond donors (Lipinski definition) is 1. The Hall–Kier alpha value is -1.83. The number of hydrogen-bond acceptors (Lipinski definition) is 3. The molecule has 5 heteroatoms. The standard InChI is InChI=1S/C15H14ClNO3/c16-12-8-7-11(4-1-2-9-18)10-13(12)17-14(19)5-3-6-15(17)20/h7-8,10,18H,2-3,5-6,9H2. The zero-order valence-corrected chi connectivity index (χ0v) is 11.6. The van der Waals surface area contributed by atoms with Crippen LogP contribution in [-0.4, -0.2) is 23.5 Å². The lowest BCUT2D eigenvalue weighted by atomic mass is 10.1. The number of piperidine rings is 1. The van der Waals surface area contributed by atoms with Crippen LogP contribution in [0.15, 0.2) is 18.2 Å². The Morgan fingerprint density at radius 1 is 1.25 bits per heavy atom. The number of halogens is 1. The second kappa shape index (κ2) is 6.56. The number of anilines is 1. The quantitative estimate of drug-likeness (QED) is 0.671. The van der Waals surface area contributed by atoms with Gasteiger partial charge >= 0.3 is 0 Å². The number of imide groups is 1. The number of aliphatic hydroxyl groups excluding tert-OH is 1. The molecular weight excluding hydrogens is 278 g/mol. The lowest BCUT2D eigenvalue weighted by Gasteiger charge is -2.25. The van der Waals surface area contributed by atoms with Gasteiger partial charge in [0.1, 0.15) is 0 Å². The predicted octanol–water partition coefficient (Wildman–Crippen LogP) is 2.12. The van der Waals surface area contributed by atoms with Crippen molar-refractivity contribution in [1.82, 2.24) is 0 Å². The molecule has 1 aliphatic rings. The van der Waals surface area contributed by atoms with Gasteiger partial charge in [0.25, 0.3) is 0 Å². The highest BCUT2D eigenvalue weighted by Crippen LogP contribution is 2.30. The molecule has 1 aliphatic heterocycles. The zero-order valence-electron chi connectivity index (χ0n) is 10.9. The van der Waals surface area contributed by atoms with Gasteiger partial charge in [-0.2, -0.15) is 0 Å². The maximum Gasteiger partial charge on any atom is 0.233 e. The lowest BCUT2D eigenvalue weighted by molar-refractivity contribution is -0.129. The summed E-state index contributed by atoms with van der Waals surface area (Å²) in [6.07, 6.45) is 1.66. The van der Waals surface area contributed by atoms with E-state index in [1.807, 2.05) is 0 Å². The van der Waals surface area contributed by atoms with Crippen LogP contribution in [0.2, 0.25) is 5.02 Å². The zero-order chi connectivity index (χ0) is 14.5. The summed E-state index contributed by atoms with van der Waals surface area (Å²) in [5.41, 5.74) is 1.04. The van der Waals surface area contributed by atoms with Crippen molar-refractivity contribution >= 4 is 29.1 Å². The third-order valence-electron chi connectivity index (χ3n) is 2.94. The summed E-state index contributed by atoms with van der Waals surface area (Å²) in [6, 6.07) is 4.97. The molecule has 1 aromatic rings. The van der Waals surface area contributed by atoms with Gasteiger partial charge in [-0.05, 0) is 24.6 Å². The molecule has 0 radical (unpaired) electrons. The Morgan fingerprint density at radius 2 is 1.95 bits per heavy atom. The summed E-state index contributed by atoms with van der Waals surface area (Å²) < 4.78 is 0. The normalized spacial score (nSPS) is 15.0. The van der Waals surface area contributed by atoms with Crippen molar-refractivity contribution in [3.63, 3.8) is 0 Å². The van der Waals surface area contributed by atoms with Crippen LogP contribution < -0.4 is 4.90 Å². The monoisotopic (exact) mass is 291 g/mol. The van der Waals surface area contributed by atoms with E-state index < -0.39 is 0 Å². The van der Waals surface area contributed by atoms with Gasteiger partial charge in [0.2, 0.25) is 11.8 Å². The molecule has 104 valence electrons. The van der Waals surface area contributed by atoms with Crippen LogP contribution >= 0.6 is 11.6 Å². The number of rotatable bonds is 2. The molecule has 0 atom stereocenters. The molecule has 1 saturated heterocycles. The number of carbonyl (C=O) groups is 2. The predicted molar refractivity (Wildman–Crippen MR) is 76.4 cm³/mol. The third kappa shape index (κ3) is 3.19. The lowest BCUT2D eigenvalue weighted by Crippen LogP contribution is -2.40. The first-order chi connectivity index (χ1) is 9.63. The Balaban J connectivity index is 2.35. The summed E-state index contributed by atoms with van der Waals surface area (Å²) in [7, 11) is 0. The smallest absolute Gasteiger partial charge is 0.233 e. The SMILES string of the molecule is O=C1CCCC(=O)N1c1cc(C#CCCO)ccc1Cl. The molecule has 0 saturated carbocycles. The Kier molecular flexibility index (Phi) is 4.78. The number of aliphatic hydroxyl groups is 1. The molecular formula is C15H14ClNO3. The van der Waals surface area contributed by atoms with E-state index in [9.17, 15) is 9.59 Å². The fraction of sp³-hybridized carbons (Fsp3) is 0.333. The average molecular weight is 292 g/mol. The Morgan fingerprint density at radius 3 is 2.60 bits per heavy atom. The highest BCUT2D eigenvalue weighted by Gasteiger charge is 2.28. The van der Waals surface area contributed by atoms with Crippen molar-refractivity contribution in [3.05, 3.63) is 28.8 Å². The minimum Gasteiger partial charge on any atom is -0.395 e. The molecule has 1 heterocycles. The average Bonchev–Trinajstić information content (AvgIpc) is 2.42. The van der Waals surface area contributed by atoms with Crippen LogP contribution in [0.5, 0.6) is 0 Å². The van der Waals surface area contributed by atoms with Crippen LogP contribution in [0.25, 0.3) is 0 Å². The van der Waals surface area contributed by atoms with Gasteiger partial charge in [-0.3, -0.25) is 9.59 Å². The summed E-state index contributed by atoms with van der Waals surface area (Å²) in [4.78, 5) is 25.0. The van der Waals surface area contributed by atoms with Gasteiger partial charge in [-0.1, -0.05) is 23.4 Å². The number of nitrogens with zero attached hydrogens (tertiary/aromatic N) is 1. The molecule has 0 spiro atoms. The van der Waals surface area contributed by atoms with Gasteiger partial charge in [0, 0.05) is 24.8 Å². The maximum atomic E-state index is 11.9. The molecule has 20 heavy (non-hydrogen) atoms. The van der Waals surface area contributed by atoms with E-state index in [1.165, 1.54) is 0 Å². The highest BCUT2D eigenvalue weighted by atomic mass is 35.5. The van der Waals surface area contributed by atoms with Crippen molar-refractivity contribution < 1.29 is 14.7 Å². The molecule has 0 bridgehead atoms. The van der Waals surface area contributed by atoms with E-state index in [1.54, 1.807) is 18.2 Å².